The summed E-state index contributed by atoms with van der Waals surface area (Å²) in [7, 11) is 0. The van der Waals surface area contributed by atoms with Gasteiger partial charge in [-0.05, 0) is 51.7 Å². The molecule has 21 heavy (non-hydrogen) atoms. The molecule has 1 aromatic carbocycles. The predicted molar refractivity (Wildman–Crippen MR) is 87.0 cm³/mol. The first-order valence-corrected chi connectivity index (χ1v) is 8.09. The normalized spacial score (nSPS) is 22.5. The molecule has 2 rings (SSSR count). The predicted octanol–water partition coefficient (Wildman–Crippen LogP) is 3.56. The van der Waals surface area contributed by atoms with Gasteiger partial charge in [0.1, 0.15) is 12.4 Å². The van der Waals surface area contributed by atoms with Crippen molar-refractivity contribution in [3.05, 3.63) is 29.8 Å². The van der Waals surface area contributed by atoms with Crippen LogP contribution in [0.5, 0.6) is 5.75 Å². The van der Waals surface area contributed by atoms with Crippen molar-refractivity contribution in [1.82, 2.24) is 5.32 Å². The van der Waals surface area contributed by atoms with E-state index in [-0.39, 0.29) is 11.6 Å². The molecule has 1 fully saturated rings. The molecule has 1 aliphatic heterocycles. The summed E-state index contributed by atoms with van der Waals surface area (Å²) in [6, 6.07) is 8.26. The van der Waals surface area contributed by atoms with Gasteiger partial charge in [0.2, 0.25) is 0 Å². The smallest absolute Gasteiger partial charge is 0.122 e. The van der Waals surface area contributed by atoms with E-state index in [1.54, 1.807) is 0 Å². The number of rotatable bonds is 6. The van der Waals surface area contributed by atoms with Gasteiger partial charge < -0.3 is 14.8 Å². The molecule has 3 heteroatoms. The van der Waals surface area contributed by atoms with Gasteiger partial charge in [-0.15, -0.1) is 0 Å². The van der Waals surface area contributed by atoms with E-state index in [1.165, 1.54) is 5.56 Å². The Morgan fingerprint density at radius 1 is 1.19 bits per heavy atom. The van der Waals surface area contributed by atoms with E-state index in [2.05, 4.69) is 45.1 Å². The minimum atomic E-state index is 0.151. The van der Waals surface area contributed by atoms with Gasteiger partial charge in [0.15, 0.2) is 0 Å². The van der Waals surface area contributed by atoms with E-state index in [9.17, 15) is 0 Å². The SMILES string of the molecule is CCc1ccccc1OCC1CCC(CNC(C)(C)C)O1. The fourth-order valence-corrected chi connectivity index (χ4v) is 2.59. The standard InChI is InChI=1S/C18H29NO2/c1-5-14-8-6-7-9-17(14)20-13-16-11-10-15(21-16)12-19-18(2,3)4/h6-9,15-16,19H,5,10-13H2,1-4H3. The molecule has 1 heterocycles. The van der Waals surface area contributed by atoms with E-state index >= 15 is 0 Å². The Labute approximate surface area is 129 Å². The topological polar surface area (TPSA) is 30.5 Å². The molecule has 0 spiro atoms. The van der Waals surface area contributed by atoms with Crippen LogP contribution in [0.3, 0.4) is 0 Å². The van der Waals surface area contributed by atoms with Crippen LogP contribution in [-0.4, -0.2) is 30.9 Å². The molecule has 1 aromatic rings. The highest BCUT2D eigenvalue weighted by molar-refractivity contribution is 5.33. The summed E-state index contributed by atoms with van der Waals surface area (Å²) in [5.41, 5.74) is 1.42. The molecule has 2 unspecified atom stereocenters. The summed E-state index contributed by atoms with van der Waals surface area (Å²) >= 11 is 0. The fraction of sp³-hybridized carbons (Fsp3) is 0.667. The monoisotopic (exact) mass is 291 g/mol. The van der Waals surface area contributed by atoms with Crippen molar-refractivity contribution in [2.45, 2.75) is 64.7 Å². The third-order valence-corrected chi connectivity index (χ3v) is 3.83. The molecule has 0 bridgehead atoms. The second kappa shape index (κ2) is 7.28. The Bertz CT molecular complexity index is 439. The van der Waals surface area contributed by atoms with Gasteiger partial charge in [-0.3, -0.25) is 0 Å². The molecule has 1 N–H and O–H groups in total. The third-order valence-electron chi connectivity index (χ3n) is 3.83. The third kappa shape index (κ3) is 5.33. The summed E-state index contributed by atoms with van der Waals surface area (Å²) < 4.78 is 12.0. The first-order valence-electron chi connectivity index (χ1n) is 8.09. The van der Waals surface area contributed by atoms with Crippen LogP contribution in [0.1, 0.15) is 46.1 Å². The highest BCUT2D eigenvalue weighted by Crippen LogP contribution is 2.23. The summed E-state index contributed by atoms with van der Waals surface area (Å²) in [4.78, 5) is 0. The molecule has 0 amide bonds. The highest BCUT2D eigenvalue weighted by atomic mass is 16.5. The number of ether oxygens (including phenoxy) is 2. The van der Waals surface area contributed by atoms with Crippen LogP contribution in [0.4, 0.5) is 0 Å². The lowest BCUT2D eigenvalue weighted by Gasteiger charge is -2.23. The minimum Gasteiger partial charge on any atom is -0.491 e. The van der Waals surface area contributed by atoms with Crippen molar-refractivity contribution in [3.63, 3.8) is 0 Å². The van der Waals surface area contributed by atoms with E-state index in [1.807, 2.05) is 12.1 Å². The van der Waals surface area contributed by atoms with Crippen LogP contribution in [0.2, 0.25) is 0 Å². The number of aryl methyl sites for hydroxylation is 1. The Morgan fingerprint density at radius 3 is 2.62 bits per heavy atom. The number of hydrogen-bond acceptors (Lipinski definition) is 3. The Balaban J connectivity index is 1.75. The molecule has 0 saturated carbocycles. The fourth-order valence-electron chi connectivity index (χ4n) is 2.59. The number of para-hydroxylation sites is 1. The van der Waals surface area contributed by atoms with Gasteiger partial charge in [0.05, 0.1) is 12.2 Å². The molecular weight excluding hydrogens is 262 g/mol. The average molecular weight is 291 g/mol. The van der Waals surface area contributed by atoms with Crippen molar-refractivity contribution in [2.24, 2.45) is 0 Å². The molecule has 0 aliphatic carbocycles. The quantitative estimate of drug-likeness (QED) is 0.869. The minimum absolute atomic E-state index is 0.151. The maximum Gasteiger partial charge on any atom is 0.122 e. The van der Waals surface area contributed by atoms with Crippen molar-refractivity contribution < 1.29 is 9.47 Å². The van der Waals surface area contributed by atoms with E-state index in [4.69, 9.17) is 9.47 Å². The summed E-state index contributed by atoms with van der Waals surface area (Å²) in [5, 5.41) is 3.51. The van der Waals surface area contributed by atoms with Crippen LogP contribution in [0.25, 0.3) is 0 Å². The van der Waals surface area contributed by atoms with Gasteiger partial charge >= 0.3 is 0 Å². The molecule has 118 valence electrons. The second-order valence-electron chi connectivity index (χ2n) is 6.86. The molecule has 1 aliphatic rings. The lowest BCUT2D eigenvalue weighted by molar-refractivity contribution is 0.0160. The second-order valence-corrected chi connectivity index (χ2v) is 6.86. The molecule has 0 aromatic heterocycles. The molecule has 2 atom stereocenters. The maximum absolute atomic E-state index is 6.06. The zero-order valence-electron chi connectivity index (χ0n) is 13.8. The first kappa shape index (κ1) is 16.3. The van der Waals surface area contributed by atoms with E-state index in [0.29, 0.717) is 12.7 Å². The van der Waals surface area contributed by atoms with Crippen molar-refractivity contribution in [2.75, 3.05) is 13.2 Å². The molecule has 0 radical (unpaired) electrons. The lowest BCUT2D eigenvalue weighted by atomic mass is 10.1. The van der Waals surface area contributed by atoms with Crippen molar-refractivity contribution in [3.8, 4) is 5.75 Å². The lowest BCUT2D eigenvalue weighted by Crippen LogP contribution is -2.41. The van der Waals surface area contributed by atoms with Gasteiger partial charge in [-0.1, -0.05) is 25.1 Å². The zero-order valence-corrected chi connectivity index (χ0v) is 13.8. The van der Waals surface area contributed by atoms with Crippen LogP contribution in [0.15, 0.2) is 24.3 Å². The van der Waals surface area contributed by atoms with Crippen LogP contribution < -0.4 is 10.1 Å². The highest BCUT2D eigenvalue weighted by Gasteiger charge is 2.26. The number of hydrogen-bond donors (Lipinski definition) is 1. The molecular formula is C18H29NO2. The van der Waals surface area contributed by atoms with E-state index < -0.39 is 0 Å². The zero-order chi connectivity index (χ0) is 15.3. The average Bonchev–Trinajstić information content (AvgIpc) is 2.90. The largest absolute Gasteiger partial charge is 0.491 e. The van der Waals surface area contributed by atoms with Gasteiger partial charge in [0.25, 0.3) is 0 Å². The van der Waals surface area contributed by atoms with Crippen molar-refractivity contribution >= 4 is 0 Å². The summed E-state index contributed by atoms with van der Waals surface area (Å²) in [6.45, 7) is 10.3. The number of benzene rings is 1. The maximum atomic E-state index is 6.06. The Morgan fingerprint density at radius 2 is 1.90 bits per heavy atom. The van der Waals surface area contributed by atoms with Crippen LogP contribution >= 0.6 is 0 Å². The summed E-state index contributed by atoms with van der Waals surface area (Å²) in [5.74, 6) is 1.000. The van der Waals surface area contributed by atoms with Crippen LogP contribution in [0, 0.1) is 0 Å². The molecule has 1 saturated heterocycles. The van der Waals surface area contributed by atoms with E-state index in [0.717, 1.165) is 31.6 Å². The van der Waals surface area contributed by atoms with Gasteiger partial charge in [-0.25, -0.2) is 0 Å². The van der Waals surface area contributed by atoms with Gasteiger partial charge in [0, 0.05) is 12.1 Å². The first-order chi connectivity index (χ1) is 9.98. The van der Waals surface area contributed by atoms with Crippen molar-refractivity contribution in [1.29, 1.82) is 0 Å². The Kier molecular flexibility index (Phi) is 5.65. The van der Waals surface area contributed by atoms with Gasteiger partial charge in [-0.2, -0.15) is 0 Å². The van der Waals surface area contributed by atoms with Crippen LogP contribution in [-0.2, 0) is 11.2 Å². The Hall–Kier alpha value is -1.06. The molecule has 3 nitrogen and oxygen atoms in total. The number of nitrogens with one attached hydrogen (secondary N) is 1. The summed E-state index contributed by atoms with van der Waals surface area (Å²) in [6.07, 6.45) is 3.75.